The van der Waals surface area contributed by atoms with Gasteiger partial charge in [0.25, 0.3) is 0 Å². The predicted molar refractivity (Wildman–Crippen MR) is 117 cm³/mol. The predicted octanol–water partition coefficient (Wildman–Crippen LogP) is 4.95. The summed E-state index contributed by atoms with van der Waals surface area (Å²) in [4.78, 5) is 28.0. The summed E-state index contributed by atoms with van der Waals surface area (Å²) in [6.45, 7) is 4.07. The van der Waals surface area contributed by atoms with Gasteiger partial charge >= 0.3 is 0 Å². The number of carbonyl (C=O) groups excluding carboxylic acids is 2. The molecule has 0 heterocycles. The monoisotopic (exact) mass is 438 g/mol. The Bertz CT molecular complexity index is 807. The van der Waals surface area contributed by atoms with Crippen LogP contribution in [-0.2, 0) is 16.1 Å². The van der Waals surface area contributed by atoms with Crippen molar-refractivity contribution in [3.8, 4) is 0 Å². The molecule has 7 heteroatoms. The molecule has 0 spiro atoms. The van der Waals surface area contributed by atoms with Gasteiger partial charge < -0.3 is 10.2 Å². The third-order valence-corrected chi connectivity index (χ3v) is 6.11. The smallest absolute Gasteiger partial charge is 0.242 e. The summed E-state index contributed by atoms with van der Waals surface area (Å²) in [7, 11) is 1.57. The van der Waals surface area contributed by atoms with E-state index >= 15 is 0 Å². The van der Waals surface area contributed by atoms with E-state index in [1.807, 2.05) is 38.1 Å². The second-order valence-electron chi connectivity index (χ2n) is 6.36. The summed E-state index contributed by atoms with van der Waals surface area (Å²) in [5, 5.41) is 3.59. The lowest BCUT2D eigenvalue weighted by Crippen LogP contribution is -2.48. The van der Waals surface area contributed by atoms with E-state index in [1.165, 1.54) is 11.8 Å². The number of hydrogen-bond donors (Lipinski definition) is 1. The summed E-state index contributed by atoms with van der Waals surface area (Å²) in [5.74, 6) is -0.130. The van der Waals surface area contributed by atoms with Crippen molar-refractivity contribution in [2.75, 3.05) is 12.8 Å². The van der Waals surface area contributed by atoms with E-state index in [-0.39, 0.29) is 24.1 Å². The number of nitrogens with one attached hydrogen (secondary N) is 1. The number of aryl methyl sites for hydroxylation is 1. The fraction of sp³-hybridized carbons (Fsp3) is 0.333. The molecule has 0 fully saturated rings. The van der Waals surface area contributed by atoms with Gasteiger partial charge in [-0.25, -0.2) is 0 Å². The lowest BCUT2D eigenvalue weighted by molar-refractivity contribution is -0.139. The third-order valence-electron chi connectivity index (χ3n) is 4.41. The largest absolute Gasteiger partial charge is 0.357 e. The minimum absolute atomic E-state index is 0.142. The molecular weight excluding hydrogens is 415 g/mol. The Morgan fingerprint density at radius 1 is 1.11 bits per heavy atom. The number of likely N-dealkylation sites (N-methyl/N-ethyl adjacent to an activating group) is 1. The van der Waals surface area contributed by atoms with Crippen LogP contribution in [0, 0.1) is 6.92 Å². The Labute approximate surface area is 180 Å². The number of nitrogens with zero attached hydrogens (tertiary/aromatic N) is 1. The van der Waals surface area contributed by atoms with Crippen molar-refractivity contribution in [2.24, 2.45) is 0 Å². The normalized spacial score (nSPS) is 11.8. The van der Waals surface area contributed by atoms with Crippen LogP contribution in [0.15, 0.2) is 47.4 Å². The highest BCUT2D eigenvalue weighted by Gasteiger charge is 2.29. The van der Waals surface area contributed by atoms with Gasteiger partial charge in [0.1, 0.15) is 6.04 Å². The molecule has 2 rings (SSSR count). The van der Waals surface area contributed by atoms with Crippen molar-refractivity contribution in [2.45, 2.75) is 37.8 Å². The van der Waals surface area contributed by atoms with Crippen molar-refractivity contribution in [1.29, 1.82) is 0 Å². The van der Waals surface area contributed by atoms with Gasteiger partial charge in [0.15, 0.2) is 0 Å². The minimum Gasteiger partial charge on any atom is -0.357 e. The number of carbonyl (C=O) groups is 2. The topological polar surface area (TPSA) is 49.4 Å². The van der Waals surface area contributed by atoms with E-state index < -0.39 is 6.04 Å². The van der Waals surface area contributed by atoms with Crippen LogP contribution in [0.4, 0.5) is 0 Å². The molecule has 0 saturated heterocycles. The number of amides is 2. The highest BCUT2D eigenvalue weighted by atomic mass is 35.5. The summed E-state index contributed by atoms with van der Waals surface area (Å²) >= 11 is 14.0. The quantitative estimate of drug-likeness (QED) is 0.593. The summed E-state index contributed by atoms with van der Waals surface area (Å²) in [6, 6.07) is 12.6. The zero-order chi connectivity index (χ0) is 20.7. The van der Waals surface area contributed by atoms with E-state index in [1.54, 1.807) is 30.1 Å². The molecular formula is C21H24Cl2N2O2S. The fourth-order valence-corrected chi connectivity index (χ4v) is 4.10. The van der Waals surface area contributed by atoms with Crippen molar-refractivity contribution < 1.29 is 9.59 Å². The molecule has 0 radical (unpaired) electrons. The Balaban J connectivity index is 2.24. The average Bonchev–Trinajstić information content (AvgIpc) is 2.69. The van der Waals surface area contributed by atoms with Crippen molar-refractivity contribution >= 4 is 46.8 Å². The van der Waals surface area contributed by atoms with Gasteiger partial charge in [0, 0.05) is 34.1 Å². The van der Waals surface area contributed by atoms with Crippen LogP contribution < -0.4 is 5.32 Å². The second kappa shape index (κ2) is 10.7. The molecule has 4 nitrogen and oxygen atoms in total. The number of hydrogen-bond acceptors (Lipinski definition) is 3. The minimum atomic E-state index is -0.594. The zero-order valence-electron chi connectivity index (χ0n) is 16.2. The number of rotatable bonds is 8. The van der Waals surface area contributed by atoms with Gasteiger partial charge in [0.2, 0.25) is 11.8 Å². The van der Waals surface area contributed by atoms with Crippen molar-refractivity contribution in [3.05, 3.63) is 63.6 Å². The van der Waals surface area contributed by atoms with E-state index in [9.17, 15) is 9.59 Å². The lowest BCUT2D eigenvalue weighted by Gasteiger charge is -2.30. The van der Waals surface area contributed by atoms with Crippen LogP contribution in [0.25, 0.3) is 0 Å². The molecule has 1 N–H and O–H groups in total. The van der Waals surface area contributed by atoms with Gasteiger partial charge in [-0.05, 0) is 37.6 Å². The van der Waals surface area contributed by atoms with Crippen molar-refractivity contribution in [1.82, 2.24) is 10.2 Å². The molecule has 1 atom stereocenters. The Kier molecular flexibility index (Phi) is 8.67. The Hall–Kier alpha value is -1.69. The summed E-state index contributed by atoms with van der Waals surface area (Å²) in [6.07, 6.45) is 0.489. The van der Waals surface area contributed by atoms with Crippen LogP contribution in [0.1, 0.15) is 24.5 Å². The molecule has 0 saturated carbocycles. The molecule has 2 amide bonds. The first kappa shape index (κ1) is 22.6. The van der Waals surface area contributed by atoms with E-state index in [0.29, 0.717) is 22.0 Å². The standard InChI is InChI=1S/C21H24Cl2N2O2S/c1-4-19(21(27)24-3)25(12-16-17(22)6-5-7-18(16)23)20(26)13-28-15-10-8-14(2)9-11-15/h5-11,19H,4,12-13H2,1-3H3,(H,24,27)/t19-/m1/s1. The second-order valence-corrected chi connectivity index (χ2v) is 8.23. The van der Waals surface area contributed by atoms with Gasteiger partial charge in [0.05, 0.1) is 5.75 Å². The average molecular weight is 439 g/mol. The van der Waals surface area contributed by atoms with Gasteiger partial charge in [-0.2, -0.15) is 0 Å². The molecule has 150 valence electrons. The molecule has 0 unspecified atom stereocenters. The molecule has 0 aliphatic heterocycles. The summed E-state index contributed by atoms with van der Waals surface area (Å²) < 4.78 is 0. The van der Waals surface area contributed by atoms with E-state index in [4.69, 9.17) is 23.2 Å². The fourth-order valence-electron chi connectivity index (χ4n) is 2.80. The van der Waals surface area contributed by atoms with Crippen LogP contribution in [0.5, 0.6) is 0 Å². The molecule has 2 aromatic rings. The maximum absolute atomic E-state index is 13.1. The first-order chi connectivity index (χ1) is 13.4. The van der Waals surface area contributed by atoms with Crippen LogP contribution in [0.3, 0.4) is 0 Å². The zero-order valence-corrected chi connectivity index (χ0v) is 18.5. The van der Waals surface area contributed by atoms with Gasteiger partial charge in [-0.1, -0.05) is 53.9 Å². The van der Waals surface area contributed by atoms with Crippen LogP contribution in [0.2, 0.25) is 10.0 Å². The van der Waals surface area contributed by atoms with Crippen molar-refractivity contribution in [3.63, 3.8) is 0 Å². The summed E-state index contributed by atoms with van der Waals surface area (Å²) in [5.41, 5.74) is 1.80. The number of halogens is 2. The highest BCUT2D eigenvalue weighted by Crippen LogP contribution is 2.28. The first-order valence-corrected chi connectivity index (χ1v) is 10.7. The number of thioether (sulfide) groups is 1. The van der Waals surface area contributed by atoms with Gasteiger partial charge in [-0.15, -0.1) is 11.8 Å². The maximum Gasteiger partial charge on any atom is 0.242 e. The molecule has 0 aromatic heterocycles. The first-order valence-electron chi connectivity index (χ1n) is 9.00. The number of benzene rings is 2. The van der Waals surface area contributed by atoms with E-state index in [2.05, 4.69) is 5.32 Å². The highest BCUT2D eigenvalue weighted by molar-refractivity contribution is 8.00. The molecule has 0 aliphatic rings. The molecule has 0 bridgehead atoms. The molecule has 2 aromatic carbocycles. The Morgan fingerprint density at radius 3 is 2.25 bits per heavy atom. The van der Waals surface area contributed by atoms with Crippen LogP contribution >= 0.6 is 35.0 Å². The SMILES string of the molecule is CC[C@H](C(=O)NC)N(Cc1c(Cl)cccc1Cl)C(=O)CSc1ccc(C)cc1. The van der Waals surface area contributed by atoms with Crippen LogP contribution in [-0.4, -0.2) is 35.6 Å². The third kappa shape index (κ3) is 5.90. The van der Waals surface area contributed by atoms with E-state index in [0.717, 1.165) is 10.5 Å². The lowest BCUT2D eigenvalue weighted by atomic mass is 10.1. The van der Waals surface area contributed by atoms with Gasteiger partial charge in [-0.3, -0.25) is 9.59 Å². The molecule has 28 heavy (non-hydrogen) atoms. The molecule has 0 aliphatic carbocycles. The Morgan fingerprint density at radius 2 is 1.71 bits per heavy atom. The maximum atomic E-state index is 13.1.